The molecule has 1 aromatic carbocycles. The number of nitrogen functional groups attached to an aromatic ring is 1. The highest BCUT2D eigenvalue weighted by Crippen LogP contribution is 2.33. The SMILES string of the molecule is C/C=C/c1ccccc1Oc1nc(N)nc(C)c1[N+](=O)[O-]. The normalized spacial score (nSPS) is 10.8. The predicted octanol–water partition coefficient (Wildman–Crippen LogP) is 3.10. The van der Waals surface area contributed by atoms with E-state index in [1.807, 2.05) is 31.2 Å². The maximum atomic E-state index is 11.1. The van der Waals surface area contributed by atoms with E-state index in [9.17, 15) is 10.1 Å². The molecule has 0 saturated heterocycles. The summed E-state index contributed by atoms with van der Waals surface area (Å²) < 4.78 is 5.59. The maximum absolute atomic E-state index is 11.1. The van der Waals surface area contributed by atoms with Gasteiger partial charge in [-0.3, -0.25) is 10.1 Å². The van der Waals surface area contributed by atoms with Crippen molar-refractivity contribution < 1.29 is 9.66 Å². The Labute approximate surface area is 121 Å². The number of nitrogens with two attached hydrogens (primary N) is 1. The molecule has 0 aliphatic carbocycles. The van der Waals surface area contributed by atoms with Crippen molar-refractivity contribution in [3.8, 4) is 11.6 Å². The Hall–Kier alpha value is -2.96. The summed E-state index contributed by atoms with van der Waals surface area (Å²) in [5, 5.41) is 11.1. The molecule has 0 radical (unpaired) electrons. The third kappa shape index (κ3) is 3.14. The standard InChI is InChI=1S/C14H14N4O3/c1-3-6-10-7-4-5-8-11(10)21-13-12(18(19)20)9(2)16-14(15)17-13/h3-8H,1-2H3,(H2,15,16,17)/b6-3+. The molecule has 0 aliphatic rings. The molecule has 0 bridgehead atoms. The van der Waals surface area contributed by atoms with Crippen LogP contribution in [0.3, 0.4) is 0 Å². The van der Waals surface area contributed by atoms with Gasteiger partial charge < -0.3 is 10.5 Å². The quantitative estimate of drug-likeness (QED) is 0.684. The van der Waals surface area contributed by atoms with Crippen molar-refractivity contribution in [2.75, 3.05) is 5.73 Å². The van der Waals surface area contributed by atoms with Crippen LogP contribution in [0.25, 0.3) is 6.08 Å². The molecule has 7 heteroatoms. The number of aromatic nitrogens is 2. The molecule has 2 aromatic rings. The summed E-state index contributed by atoms with van der Waals surface area (Å²) in [5.74, 6) is 0.217. The summed E-state index contributed by atoms with van der Waals surface area (Å²) in [6.07, 6.45) is 3.68. The lowest BCUT2D eigenvalue weighted by Gasteiger charge is -2.09. The summed E-state index contributed by atoms with van der Waals surface area (Å²) in [4.78, 5) is 18.2. The van der Waals surface area contributed by atoms with E-state index < -0.39 is 4.92 Å². The Kier molecular flexibility index (Phi) is 4.13. The van der Waals surface area contributed by atoms with Gasteiger partial charge in [0.1, 0.15) is 11.4 Å². The smallest absolute Gasteiger partial charge is 0.352 e. The molecule has 108 valence electrons. The van der Waals surface area contributed by atoms with Gasteiger partial charge in [0.2, 0.25) is 5.95 Å². The fraction of sp³-hybridized carbons (Fsp3) is 0.143. The van der Waals surface area contributed by atoms with E-state index in [1.165, 1.54) is 6.92 Å². The molecular weight excluding hydrogens is 272 g/mol. The maximum Gasteiger partial charge on any atom is 0.352 e. The van der Waals surface area contributed by atoms with Gasteiger partial charge in [-0.15, -0.1) is 0 Å². The number of hydrogen-bond donors (Lipinski definition) is 1. The van der Waals surface area contributed by atoms with Gasteiger partial charge in [-0.1, -0.05) is 30.4 Å². The lowest BCUT2D eigenvalue weighted by Crippen LogP contribution is -2.05. The first-order valence-electron chi connectivity index (χ1n) is 6.21. The minimum Gasteiger partial charge on any atom is -0.433 e. The molecular formula is C14H14N4O3. The van der Waals surface area contributed by atoms with Gasteiger partial charge in [-0.05, 0) is 19.9 Å². The minimum absolute atomic E-state index is 0.0726. The molecule has 0 atom stereocenters. The van der Waals surface area contributed by atoms with Crippen molar-refractivity contribution in [1.29, 1.82) is 0 Å². The molecule has 0 amide bonds. The number of nitro groups is 1. The number of allylic oxidation sites excluding steroid dienone is 1. The van der Waals surface area contributed by atoms with Crippen LogP contribution in [-0.4, -0.2) is 14.9 Å². The first-order chi connectivity index (χ1) is 10.0. The van der Waals surface area contributed by atoms with Crippen molar-refractivity contribution in [3.05, 3.63) is 51.7 Å². The van der Waals surface area contributed by atoms with Gasteiger partial charge in [0.05, 0.1) is 4.92 Å². The van der Waals surface area contributed by atoms with Crippen LogP contribution in [0.4, 0.5) is 11.6 Å². The van der Waals surface area contributed by atoms with Crippen molar-refractivity contribution >= 4 is 17.7 Å². The highest BCUT2D eigenvalue weighted by atomic mass is 16.6. The summed E-state index contributed by atoms with van der Waals surface area (Å²) in [6.45, 7) is 3.35. The molecule has 7 nitrogen and oxygen atoms in total. The molecule has 0 saturated carbocycles. The van der Waals surface area contributed by atoms with Crippen molar-refractivity contribution in [2.24, 2.45) is 0 Å². The second kappa shape index (κ2) is 6.00. The van der Waals surface area contributed by atoms with Gasteiger partial charge in [0, 0.05) is 5.56 Å². The van der Waals surface area contributed by atoms with E-state index in [0.29, 0.717) is 5.75 Å². The monoisotopic (exact) mass is 286 g/mol. The molecule has 1 heterocycles. The van der Waals surface area contributed by atoms with Crippen LogP contribution < -0.4 is 10.5 Å². The molecule has 1 aromatic heterocycles. The Balaban J connectivity index is 2.52. The highest BCUT2D eigenvalue weighted by Gasteiger charge is 2.24. The molecule has 2 N–H and O–H groups in total. The van der Waals surface area contributed by atoms with Crippen LogP contribution in [0, 0.1) is 17.0 Å². The third-order valence-electron chi connectivity index (χ3n) is 2.70. The topological polar surface area (TPSA) is 104 Å². The zero-order valence-electron chi connectivity index (χ0n) is 11.6. The fourth-order valence-electron chi connectivity index (χ4n) is 1.84. The van der Waals surface area contributed by atoms with E-state index in [2.05, 4.69) is 9.97 Å². The molecule has 21 heavy (non-hydrogen) atoms. The number of nitrogens with zero attached hydrogens (tertiary/aromatic N) is 3. The number of benzene rings is 1. The third-order valence-corrected chi connectivity index (χ3v) is 2.70. The van der Waals surface area contributed by atoms with Crippen molar-refractivity contribution in [2.45, 2.75) is 13.8 Å². The second-order valence-corrected chi connectivity index (χ2v) is 4.22. The van der Waals surface area contributed by atoms with Gasteiger partial charge in [-0.25, -0.2) is 4.98 Å². The minimum atomic E-state index is -0.581. The average Bonchev–Trinajstić information content (AvgIpc) is 2.40. The first kappa shape index (κ1) is 14.4. The van der Waals surface area contributed by atoms with Gasteiger partial charge in [-0.2, -0.15) is 4.98 Å². The zero-order chi connectivity index (χ0) is 15.4. The van der Waals surface area contributed by atoms with Crippen molar-refractivity contribution in [1.82, 2.24) is 9.97 Å². The molecule has 0 spiro atoms. The van der Waals surface area contributed by atoms with Crippen molar-refractivity contribution in [3.63, 3.8) is 0 Å². The number of hydrogen-bond acceptors (Lipinski definition) is 6. The van der Waals surface area contributed by atoms with E-state index in [0.717, 1.165) is 5.56 Å². The fourth-order valence-corrected chi connectivity index (χ4v) is 1.84. The van der Waals surface area contributed by atoms with E-state index >= 15 is 0 Å². The van der Waals surface area contributed by atoms with Crippen LogP contribution in [0.1, 0.15) is 18.2 Å². The van der Waals surface area contributed by atoms with Crippen LogP contribution in [0.2, 0.25) is 0 Å². The van der Waals surface area contributed by atoms with Gasteiger partial charge >= 0.3 is 11.6 Å². The summed E-state index contributed by atoms with van der Waals surface area (Å²) >= 11 is 0. The van der Waals surface area contributed by atoms with E-state index in [1.54, 1.807) is 12.1 Å². The Morgan fingerprint density at radius 2 is 2.05 bits per heavy atom. The number of anilines is 1. The predicted molar refractivity (Wildman–Crippen MR) is 79.1 cm³/mol. The first-order valence-corrected chi connectivity index (χ1v) is 6.21. The lowest BCUT2D eigenvalue weighted by atomic mass is 10.2. The van der Waals surface area contributed by atoms with Crippen LogP contribution in [0.15, 0.2) is 30.3 Å². The number of rotatable bonds is 4. The Morgan fingerprint density at radius 3 is 2.71 bits per heavy atom. The average molecular weight is 286 g/mol. The number of ether oxygens (including phenoxy) is 1. The molecule has 0 aliphatic heterocycles. The van der Waals surface area contributed by atoms with Gasteiger partial charge in [0.15, 0.2) is 0 Å². The summed E-state index contributed by atoms with van der Waals surface area (Å²) in [7, 11) is 0. The zero-order valence-corrected chi connectivity index (χ0v) is 11.6. The van der Waals surface area contributed by atoms with E-state index in [-0.39, 0.29) is 23.2 Å². The molecule has 2 rings (SSSR count). The second-order valence-electron chi connectivity index (χ2n) is 4.22. The van der Waals surface area contributed by atoms with Crippen LogP contribution in [-0.2, 0) is 0 Å². The number of para-hydroxylation sites is 1. The number of aryl methyl sites for hydroxylation is 1. The highest BCUT2D eigenvalue weighted by molar-refractivity contribution is 5.59. The van der Waals surface area contributed by atoms with Crippen LogP contribution in [0.5, 0.6) is 11.6 Å². The van der Waals surface area contributed by atoms with Gasteiger partial charge in [0.25, 0.3) is 0 Å². The van der Waals surface area contributed by atoms with E-state index in [4.69, 9.17) is 10.5 Å². The lowest BCUT2D eigenvalue weighted by molar-refractivity contribution is -0.386. The Morgan fingerprint density at radius 1 is 1.33 bits per heavy atom. The molecule has 0 unspecified atom stereocenters. The molecule has 0 fully saturated rings. The van der Waals surface area contributed by atoms with Crippen LogP contribution >= 0.6 is 0 Å². The Bertz CT molecular complexity index is 713. The summed E-state index contributed by atoms with van der Waals surface area (Å²) in [5.41, 5.74) is 6.19. The largest absolute Gasteiger partial charge is 0.433 e. The summed E-state index contributed by atoms with van der Waals surface area (Å²) in [6, 6.07) is 7.15.